The zero-order valence-electron chi connectivity index (χ0n) is 12.2. The Labute approximate surface area is 128 Å². The minimum atomic E-state index is -0.522. The monoisotopic (exact) mass is 298 g/mol. The van der Waals surface area contributed by atoms with Gasteiger partial charge in [-0.2, -0.15) is 0 Å². The van der Waals surface area contributed by atoms with Crippen molar-refractivity contribution in [2.75, 3.05) is 18.0 Å². The molecule has 1 saturated heterocycles. The molecule has 7 nitrogen and oxygen atoms in total. The molecule has 2 aromatic rings. The zero-order chi connectivity index (χ0) is 15.4. The molecular formula is C15H18N6O. The lowest BCUT2D eigenvalue weighted by atomic mass is 9.93. The third-order valence-electron chi connectivity index (χ3n) is 3.83. The predicted octanol–water partition coefficient (Wildman–Crippen LogP) is 0.825. The summed E-state index contributed by atoms with van der Waals surface area (Å²) in [5.41, 5.74) is 6.38. The lowest BCUT2D eigenvalue weighted by Gasteiger charge is -2.32. The zero-order valence-corrected chi connectivity index (χ0v) is 12.2. The molecule has 0 spiro atoms. The number of nitrogens with two attached hydrogens (primary N) is 1. The molecule has 2 N–H and O–H groups in total. The van der Waals surface area contributed by atoms with Gasteiger partial charge in [-0.15, -0.1) is 0 Å². The third-order valence-corrected chi connectivity index (χ3v) is 3.83. The topological polar surface area (TPSA) is 97.9 Å². The Morgan fingerprint density at radius 2 is 2.09 bits per heavy atom. The van der Waals surface area contributed by atoms with Crippen LogP contribution in [0.5, 0.6) is 0 Å². The number of hydrogen-bond acceptors (Lipinski definition) is 6. The van der Waals surface area contributed by atoms with Gasteiger partial charge in [-0.05, 0) is 37.3 Å². The normalized spacial score (nSPS) is 18.2. The largest absolute Gasteiger partial charge is 0.364 e. The molecule has 0 aliphatic carbocycles. The Hall–Kier alpha value is -2.57. The molecule has 0 bridgehead atoms. The van der Waals surface area contributed by atoms with E-state index in [1.807, 2.05) is 6.07 Å². The maximum absolute atomic E-state index is 11.2. The molecule has 1 unspecified atom stereocenters. The maximum atomic E-state index is 11.2. The van der Waals surface area contributed by atoms with E-state index < -0.39 is 5.91 Å². The number of hydrogen-bond donors (Lipinski definition) is 1. The lowest BCUT2D eigenvalue weighted by Crippen LogP contribution is -2.37. The van der Waals surface area contributed by atoms with E-state index in [0.717, 1.165) is 44.0 Å². The van der Waals surface area contributed by atoms with Crippen LogP contribution in [0.3, 0.4) is 0 Å². The van der Waals surface area contributed by atoms with Gasteiger partial charge in [0.1, 0.15) is 12.0 Å². The number of primary amides is 1. The van der Waals surface area contributed by atoms with Crippen LogP contribution >= 0.6 is 0 Å². The van der Waals surface area contributed by atoms with Crippen molar-refractivity contribution in [2.45, 2.75) is 19.3 Å². The van der Waals surface area contributed by atoms with E-state index in [-0.39, 0.29) is 5.69 Å². The second-order valence-corrected chi connectivity index (χ2v) is 5.47. The highest BCUT2D eigenvalue weighted by atomic mass is 16.1. The minimum Gasteiger partial charge on any atom is -0.364 e. The lowest BCUT2D eigenvalue weighted by molar-refractivity contribution is 0.0995. The highest BCUT2D eigenvalue weighted by Gasteiger charge is 2.22. The number of anilines is 1. The summed E-state index contributed by atoms with van der Waals surface area (Å²) in [6.45, 7) is 1.86. The van der Waals surface area contributed by atoms with Crippen molar-refractivity contribution in [1.29, 1.82) is 0 Å². The van der Waals surface area contributed by atoms with Crippen molar-refractivity contribution < 1.29 is 4.79 Å². The molecule has 0 radical (unpaired) electrons. The van der Waals surface area contributed by atoms with Gasteiger partial charge in [0, 0.05) is 31.2 Å². The summed E-state index contributed by atoms with van der Waals surface area (Å²) in [5.74, 6) is 0.701. The van der Waals surface area contributed by atoms with E-state index >= 15 is 0 Å². The summed E-state index contributed by atoms with van der Waals surface area (Å²) in [4.78, 5) is 30.1. The molecule has 1 aliphatic heterocycles. The smallest absolute Gasteiger partial charge is 0.267 e. The van der Waals surface area contributed by atoms with E-state index in [2.05, 4.69) is 24.8 Å². The van der Waals surface area contributed by atoms with E-state index in [0.29, 0.717) is 5.92 Å². The Morgan fingerprint density at radius 1 is 1.27 bits per heavy atom. The number of carbonyl (C=O) groups is 1. The van der Waals surface area contributed by atoms with Crippen molar-refractivity contribution in [3.63, 3.8) is 0 Å². The first-order valence-electron chi connectivity index (χ1n) is 7.35. The number of nitrogens with zero attached hydrogens (tertiary/aromatic N) is 5. The highest BCUT2D eigenvalue weighted by molar-refractivity contribution is 5.90. The van der Waals surface area contributed by atoms with E-state index in [9.17, 15) is 4.79 Å². The number of rotatable bonds is 4. The van der Waals surface area contributed by atoms with Gasteiger partial charge in [-0.1, -0.05) is 0 Å². The van der Waals surface area contributed by atoms with Crippen LogP contribution in [0.1, 0.15) is 29.0 Å². The van der Waals surface area contributed by atoms with Crippen LogP contribution in [-0.4, -0.2) is 38.9 Å². The Morgan fingerprint density at radius 3 is 2.86 bits per heavy atom. The van der Waals surface area contributed by atoms with Gasteiger partial charge in [-0.3, -0.25) is 4.79 Å². The Kier molecular flexibility index (Phi) is 4.22. The van der Waals surface area contributed by atoms with Gasteiger partial charge < -0.3 is 10.6 Å². The quantitative estimate of drug-likeness (QED) is 0.897. The summed E-state index contributed by atoms with van der Waals surface area (Å²) in [7, 11) is 0. The Bertz CT molecular complexity index is 647. The predicted molar refractivity (Wildman–Crippen MR) is 81.2 cm³/mol. The first-order valence-corrected chi connectivity index (χ1v) is 7.35. The molecule has 3 heterocycles. The summed E-state index contributed by atoms with van der Waals surface area (Å²) in [6.07, 6.45) is 7.93. The maximum Gasteiger partial charge on any atom is 0.267 e. The van der Waals surface area contributed by atoms with Crippen LogP contribution in [0.2, 0.25) is 0 Å². The average Bonchev–Trinajstić information content (AvgIpc) is 2.56. The van der Waals surface area contributed by atoms with E-state index in [4.69, 9.17) is 5.73 Å². The first kappa shape index (κ1) is 14.4. The fourth-order valence-electron chi connectivity index (χ4n) is 2.81. The van der Waals surface area contributed by atoms with E-state index in [1.165, 1.54) is 6.33 Å². The number of piperidine rings is 1. The van der Waals surface area contributed by atoms with Crippen LogP contribution in [0.15, 0.2) is 30.9 Å². The fraction of sp³-hybridized carbons (Fsp3) is 0.400. The standard InChI is InChI=1S/C15H18N6O/c16-14(22)13-8-12(19-10-20-13)7-11-3-1-6-21(9-11)15-17-4-2-5-18-15/h2,4-5,8,10-11H,1,3,6-7,9H2,(H2,16,22). The van der Waals surface area contributed by atoms with Crippen molar-refractivity contribution in [3.8, 4) is 0 Å². The number of aromatic nitrogens is 4. The molecule has 1 amide bonds. The summed E-state index contributed by atoms with van der Waals surface area (Å²) >= 11 is 0. The minimum absolute atomic E-state index is 0.268. The molecule has 1 atom stereocenters. The average molecular weight is 298 g/mol. The molecule has 2 aromatic heterocycles. The number of carbonyl (C=O) groups excluding carboxylic acids is 1. The third kappa shape index (κ3) is 3.36. The molecule has 114 valence electrons. The molecule has 22 heavy (non-hydrogen) atoms. The van der Waals surface area contributed by atoms with Crippen molar-refractivity contribution in [2.24, 2.45) is 11.7 Å². The van der Waals surface area contributed by atoms with Gasteiger partial charge in [-0.25, -0.2) is 19.9 Å². The van der Waals surface area contributed by atoms with Gasteiger partial charge in [0.2, 0.25) is 5.95 Å². The fourth-order valence-corrected chi connectivity index (χ4v) is 2.81. The molecule has 7 heteroatoms. The van der Waals surface area contributed by atoms with Crippen molar-refractivity contribution in [1.82, 2.24) is 19.9 Å². The van der Waals surface area contributed by atoms with Crippen LogP contribution in [0.25, 0.3) is 0 Å². The second-order valence-electron chi connectivity index (χ2n) is 5.47. The first-order chi connectivity index (χ1) is 10.7. The highest BCUT2D eigenvalue weighted by Crippen LogP contribution is 2.22. The SMILES string of the molecule is NC(=O)c1cc(CC2CCCN(c3ncccn3)C2)ncn1. The van der Waals surface area contributed by atoms with Crippen LogP contribution < -0.4 is 10.6 Å². The van der Waals surface area contributed by atoms with E-state index in [1.54, 1.807) is 18.5 Å². The van der Waals surface area contributed by atoms with Crippen molar-refractivity contribution in [3.05, 3.63) is 42.2 Å². The summed E-state index contributed by atoms with van der Waals surface area (Å²) in [5, 5.41) is 0. The molecule has 1 fully saturated rings. The van der Waals surface area contributed by atoms with Crippen LogP contribution in [0.4, 0.5) is 5.95 Å². The molecular weight excluding hydrogens is 280 g/mol. The van der Waals surface area contributed by atoms with Gasteiger partial charge >= 0.3 is 0 Å². The van der Waals surface area contributed by atoms with Gasteiger partial charge in [0.25, 0.3) is 5.91 Å². The summed E-state index contributed by atoms with van der Waals surface area (Å²) in [6, 6.07) is 3.50. The molecule has 0 aromatic carbocycles. The van der Waals surface area contributed by atoms with Crippen LogP contribution in [-0.2, 0) is 6.42 Å². The van der Waals surface area contributed by atoms with Crippen molar-refractivity contribution >= 4 is 11.9 Å². The number of amides is 1. The Balaban J connectivity index is 1.68. The molecule has 0 saturated carbocycles. The molecule has 1 aliphatic rings. The summed E-state index contributed by atoms with van der Waals surface area (Å²) < 4.78 is 0. The van der Waals surface area contributed by atoms with Crippen LogP contribution in [0, 0.1) is 5.92 Å². The van der Waals surface area contributed by atoms with Gasteiger partial charge in [0.15, 0.2) is 0 Å². The molecule has 3 rings (SSSR count). The second kappa shape index (κ2) is 6.46. The van der Waals surface area contributed by atoms with Gasteiger partial charge in [0.05, 0.1) is 0 Å².